The number of carbonyl (C=O) groups is 2. The summed E-state index contributed by atoms with van der Waals surface area (Å²) in [5.74, 6) is -0.174. The van der Waals surface area contributed by atoms with Gasteiger partial charge in [0.05, 0.1) is 23.3 Å². The third kappa shape index (κ3) is 6.30. The Kier molecular flexibility index (Phi) is 8.80. The van der Waals surface area contributed by atoms with Crippen molar-refractivity contribution in [3.05, 3.63) is 65.2 Å². The highest BCUT2D eigenvalue weighted by Gasteiger charge is 2.33. The minimum absolute atomic E-state index is 0.0272. The van der Waals surface area contributed by atoms with E-state index in [1.54, 1.807) is 42.2 Å². The first-order valence-electron chi connectivity index (χ1n) is 12.8. The van der Waals surface area contributed by atoms with Crippen molar-refractivity contribution in [1.29, 1.82) is 5.26 Å². The zero-order chi connectivity index (χ0) is 26.4. The molecule has 0 aliphatic carbocycles. The van der Waals surface area contributed by atoms with Crippen molar-refractivity contribution >= 4 is 11.8 Å². The van der Waals surface area contributed by atoms with Crippen LogP contribution in [0.15, 0.2) is 48.5 Å². The van der Waals surface area contributed by atoms with Gasteiger partial charge in [0, 0.05) is 46.6 Å². The van der Waals surface area contributed by atoms with Crippen LogP contribution in [-0.4, -0.2) is 80.8 Å². The van der Waals surface area contributed by atoms with E-state index in [4.69, 9.17) is 14.2 Å². The second-order valence-electron chi connectivity index (χ2n) is 9.85. The Morgan fingerprint density at radius 2 is 1.78 bits per heavy atom. The van der Waals surface area contributed by atoms with Crippen molar-refractivity contribution in [2.75, 3.05) is 40.9 Å². The monoisotopic (exact) mass is 505 g/mol. The lowest BCUT2D eigenvalue weighted by molar-refractivity contribution is -0.145. The van der Waals surface area contributed by atoms with Gasteiger partial charge in [0.2, 0.25) is 5.91 Å². The number of methoxy groups -OCH3 is 1. The lowest BCUT2D eigenvalue weighted by atomic mass is 9.94. The van der Waals surface area contributed by atoms with Crippen molar-refractivity contribution in [2.45, 2.75) is 49.9 Å². The summed E-state index contributed by atoms with van der Waals surface area (Å²) >= 11 is 0. The number of benzene rings is 2. The largest absolute Gasteiger partial charge is 0.489 e. The van der Waals surface area contributed by atoms with Crippen molar-refractivity contribution in [3.8, 4) is 11.8 Å². The van der Waals surface area contributed by atoms with Crippen LogP contribution >= 0.6 is 0 Å². The molecule has 2 aromatic rings. The average molecular weight is 506 g/mol. The van der Waals surface area contributed by atoms with Crippen LogP contribution in [0.3, 0.4) is 0 Å². The van der Waals surface area contributed by atoms with Gasteiger partial charge in [0.15, 0.2) is 0 Å². The van der Waals surface area contributed by atoms with Crippen molar-refractivity contribution in [1.82, 2.24) is 9.80 Å². The van der Waals surface area contributed by atoms with E-state index in [0.717, 1.165) is 18.4 Å². The van der Waals surface area contributed by atoms with Crippen LogP contribution in [0.1, 0.15) is 53.1 Å². The molecule has 1 fully saturated rings. The maximum absolute atomic E-state index is 13.6. The summed E-state index contributed by atoms with van der Waals surface area (Å²) in [5, 5.41) is 9.75. The molecule has 0 saturated carbocycles. The molecule has 0 aromatic heterocycles. The molecule has 196 valence electrons. The number of nitrogens with zero attached hydrogens (tertiary/aromatic N) is 3. The number of hydrogen-bond donors (Lipinski definition) is 0. The Hall–Kier alpha value is -3.41. The molecule has 2 aromatic carbocycles. The number of hydrogen-bond acceptors (Lipinski definition) is 6. The summed E-state index contributed by atoms with van der Waals surface area (Å²) in [6.07, 6.45) is 2.07. The first-order chi connectivity index (χ1) is 17.9. The van der Waals surface area contributed by atoms with E-state index in [-0.39, 0.29) is 60.4 Å². The number of nitriles is 1. The third-order valence-electron chi connectivity index (χ3n) is 7.36. The van der Waals surface area contributed by atoms with Gasteiger partial charge in [-0.05, 0) is 37.0 Å². The number of para-hydroxylation sites is 1. The van der Waals surface area contributed by atoms with E-state index in [1.165, 1.54) is 0 Å². The number of carbonyl (C=O) groups excluding carboxylic acids is 2. The molecule has 0 spiro atoms. The van der Waals surface area contributed by atoms with Gasteiger partial charge in [0.1, 0.15) is 24.5 Å². The van der Waals surface area contributed by atoms with E-state index in [2.05, 4.69) is 6.07 Å². The lowest BCUT2D eigenvalue weighted by Gasteiger charge is -2.36. The standard InChI is InChI=1S/C29H35N3O5/c1-31-15-14-23-12-13-25(35-3)26(37-23)19-36-28-21(17-30)10-7-11-24(28)29(34)32(2)18-22(16-27(31)33)20-8-5-4-6-9-20/h4-11,22-23,25-26H,12-16,18-19H2,1-3H3/t22-,23+,25+,26-/m1/s1. The Balaban J connectivity index is 1.70. The van der Waals surface area contributed by atoms with Gasteiger partial charge < -0.3 is 24.0 Å². The topological polar surface area (TPSA) is 92.1 Å². The molecule has 8 heteroatoms. The van der Waals surface area contributed by atoms with Crippen LogP contribution in [0.5, 0.6) is 5.75 Å². The highest BCUT2D eigenvalue weighted by Crippen LogP contribution is 2.30. The lowest BCUT2D eigenvalue weighted by Crippen LogP contribution is -2.45. The predicted molar refractivity (Wildman–Crippen MR) is 138 cm³/mol. The second-order valence-corrected chi connectivity index (χ2v) is 9.85. The van der Waals surface area contributed by atoms with Gasteiger partial charge >= 0.3 is 0 Å². The molecule has 2 aliphatic rings. The Bertz CT molecular complexity index is 1130. The van der Waals surface area contributed by atoms with Crippen molar-refractivity contribution < 1.29 is 23.8 Å². The predicted octanol–water partition coefficient (Wildman–Crippen LogP) is 3.61. The normalized spacial score (nSPS) is 25.7. The fourth-order valence-corrected chi connectivity index (χ4v) is 5.14. The Labute approximate surface area is 218 Å². The van der Waals surface area contributed by atoms with Crippen molar-refractivity contribution in [3.63, 3.8) is 0 Å². The highest BCUT2D eigenvalue weighted by molar-refractivity contribution is 5.97. The van der Waals surface area contributed by atoms with Crippen molar-refractivity contribution in [2.24, 2.45) is 0 Å². The SMILES string of the molecule is CO[C@H]1CC[C@H]2CCN(C)C(=O)C[C@@H](c3ccccc3)CN(C)C(=O)c3cccc(C#N)c3OC[C@H]1O2. The van der Waals surface area contributed by atoms with Crippen LogP contribution in [0.4, 0.5) is 0 Å². The van der Waals surface area contributed by atoms with E-state index in [9.17, 15) is 14.9 Å². The van der Waals surface area contributed by atoms with Crippen LogP contribution in [0, 0.1) is 11.3 Å². The molecular weight excluding hydrogens is 470 g/mol. The number of likely N-dealkylation sites (N-methyl/N-ethyl adjacent to an activating group) is 1. The van der Waals surface area contributed by atoms with Gasteiger partial charge in [-0.3, -0.25) is 9.59 Å². The fraction of sp³-hybridized carbons (Fsp3) is 0.483. The first-order valence-corrected chi connectivity index (χ1v) is 12.8. The highest BCUT2D eigenvalue weighted by atomic mass is 16.6. The zero-order valence-electron chi connectivity index (χ0n) is 21.8. The van der Waals surface area contributed by atoms with Gasteiger partial charge in [-0.15, -0.1) is 0 Å². The quantitative estimate of drug-likeness (QED) is 0.619. The van der Waals surface area contributed by atoms with E-state index in [0.29, 0.717) is 25.1 Å². The average Bonchev–Trinajstić information content (AvgIpc) is 2.93. The maximum Gasteiger partial charge on any atom is 0.257 e. The number of rotatable bonds is 2. The molecule has 8 nitrogen and oxygen atoms in total. The Morgan fingerprint density at radius 3 is 2.51 bits per heavy atom. The van der Waals surface area contributed by atoms with Crippen LogP contribution in [0.2, 0.25) is 0 Å². The van der Waals surface area contributed by atoms with E-state index < -0.39 is 0 Å². The number of fused-ring (bicyclic) bond motifs is 3. The van der Waals surface area contributed by atoms with E-state index in [1.807, 2.05) is 37.4 Å². The second kappa shape index (κ2) is 12.2. The maximum atomic E-state index is 13.6. The number of amides is 2. The molecule has 37 heavy (non-hydrogen) atoms. The zero-order valence-corrected chi connectivity index (χ0v) is 21.8. The molecule has 2 bridgehead atoms. The van der Waals surface area contributed by atoms with Gasteiger partial charge in [0.25, 0.3) is 5.91 Å². The molecular formula is C29H35N3O5. The fourth-order valence-electron chi connectivity index (χ4n) is 5.14. The minimum atomic E-state index is -0.354. The van der Waals surface area contributed by atoms with E-state index >= 15 is 0 Å². The third-order valence-corrected chi connectivity index (χ3v) is 7.36. The molecule has 0 unspecified atom stereocenters. The number of ether oxygens (including phenoxy) is 3. The minimum Gasteiger partial charge on any atom is -0.489 e. The van der Waals surface area contributed by atoms with Gasteiger partial charge in [-0.1, -0.05) is 36.4 Å². The van der Waals surface area contributed by atoms with Gasteiger partial charge in [-0.2, -0.15) is 5.26 Å². The molecule has 2 aliphatic heterocycles. The van der Waals surface area contributed by atoms with Crippen LogP contribution < -0.4 is 4.74 Å². The summed E-state index contributed by atoms with van der Waals surface area (Å²) in [7, 11) is 5.19. The Morgan fingerprint density at radius 1 is 1.00 bits per heavy atom. The first kappa shape index (κ1) is 26.6. The molecule has 4 atom stereocenters. The molecule has 0 N–H and O–H groups in total. The molecule has 0 radical (unpaired) electrons. The van der Waals surface area contributed by atoms with Gasteiger partial charge in [-0.25, -0.2) is 0 Å². The summed E-state index contributed by atoms with van der Waals surface area (Å²) < 4.78 is 18.1. The molecule has 2 amide bonds. The summed E-state index contributed by atoms with van der Waals surface area (Å²) in [4.78, 5) is 30.2. The molecule has 4 rings (SSSR count). The molecule has 2 heterocycles. The molecule has 1 saturated heterocycles. The smallest absolute Gasteiger partial charge is 0.257 e. The summed E-state index contributed by atoms with van der Waals surface area (Å²) in [5.41, 5.74) is 1.60. The summed E-state index contributed by atoms with van der Waals surface area (Å²) in [6, 6.07) is 16.9. The van der Waals surface area contributed by atoms with Crippen LogP contribution in [0.25, 0.3) is 0 Å². The van der Waals surface area contributed by atoms with Crippen LogP contribution in [-0.2, 0) is 14.3 Å². The summed E-state index contributed by atoms with van der Waals surface area (Å²) in [6.45, 7) is 1.07.